The highest BCUT2D eigenvalue weighted by atomic mass is 14.2. The van der Waals surface area contributed by atoms with Crippen LogP contribution in [0.2, 0.25) is 0 Å². The normalized spacial score (nSPS) is 12.1. The molecule has 0 saturated carbocycles. The van der Waals surface area contributed by atoms with Crippen LogP contribution in [-0.4, -0.2) is 0 Å². The van der Waals surface area contributed by atoms with E-state index in [1.54, 1.807) is 0 Å². The predicted molar refractivity (Wildman–Crippen MR) is 71.1 cm³/mol. The standard InChI is InChI=1S/C11H12.2C2H6/c1-8-7-10-5-3-4-6-11(10)9(8)2;2*1-2/h3-6H,7H2,1-2H3;2*1-2H3. The molecule has 0 unspecified atom stereocenters. The van der Waals surface area contributed by atoms with E-state index in [2.05, 4.69) is 38.1 Å². The molecule has 15 heavy (non-hydrogen) atoms. The van der Waals surface area contributed by atoms with Gasteiger partial charge in [0, 0.05) is 0 Å². The Kier molecular flexibility index (Phi) is 6.77. The van der Waals surface area contributed by atoms with Crippen molar-refractivity contribution in [3.63, 3.8) is 0 Å². The third-order valence-electron chi connectivity index (χ3n) is 2.52. The molecule has 84 valence electrons. The summed E-state index contributed by atoms with van der Waals surface area (Å²) >= 11 is 0. The van der Waals surface area contributed by atoms with Crippen LogP contribution < -0.4 is 0 Å². The molecule has 0 amide bonds. The van der Waals surface area contributed by atoms with Crippen LogP contribution in [0.4, 0.5) is 0 Å². The number of allylic oxidation sites excluding steroid dienone is 2. The second-order valence-corrected chi connectivity index (χ2v) is 3.24. The molecule has 1 aromatic carbocycles. The van der Waals surface area contributed by atoms with E-state index in [-0.39, 0.29) is 0 Å². The van der Waals surface area contributed by atoms with Crippen LogP contribution in [0, 0.1) is 0 Å². The molecule has 0 fully saturated rings. The van der Waals surface area contributed by atoms with Gasteiger partial charge in [-0.2, -0.15) is 0 Å². The Morgan fingerprint density at radius 1 is 0.867 bits per heavy atom. The summed E-state index contributed by atoms with van der Waals surface area (Å²) in [4.78, 5) is 0. The van der Waals surface area contributed by atoms with Gasteiger partial charge in [0.2, 0.25) is 0 Å². The monoisotopic (exact) mass is 204 g/mol. The maximum Gasteiger partial charge on any atom is -0.00579 e. The average molecular weight is 204 g/mol. The van der Waals surface area contributed by atoms with Crippen LogP contribution in [-0.2, 0) is 6.42 Å². The van der Waals surface area contributed by atoms with E-state index in [1.165, 1.54) is 22.3 Å². The van der Waals surface area contributed by atoms with Crippen molar-refractivity contribution >= 4 is 5.57 Å². The fourth-order valence-corrected chi connectivity index (χ4v) is 1.69. The second-order valence-electron chi connectivity index (χ2n) is 3.24. The van der Waals surface area contributed by atoms with Gasteiger partial charge in [-0.1, -0.05) is 57.5 Å². The molecule has 0 aromatic heterocycles. The first kappa shape index (κ1) is 14.0. The fourth-order valence-electron chi connectivity index (χ4n) is 1.69. The molecule has 0 saturated heterocycles. The second kappa shape index (κ2) is 7.28. The van der Waals surface area contributed by atoms with Gasteiger partial charge in [-0.25, -0.2) is 0 Å². The highest BCUT2D eigenvalue weighted by molar-refractivity contribution is 5.74. The lowest BCUT2D eigenvalue weighted by Crippen LogP contribution is -1.80. The summed E-state index contributed by atoms with van der Waals surface area (Å²) in [5.41, 5.74) is 5.93. The third-order valence-corrected chi connectivity index (χ3v) is 2.52. The summed E-state index contributed by atoms with van der Waals surface area (Å²) in [6.07, 6.45) is 1.15. The minimum absolute atomic E-state index is 1.15. The van der Waals surface area contributed by atoms with E-state index in [0.717, 1.165) is 6.42 Å². The van der Waals surface area contributed by atoms with Crippen molar-refractivity contribution in [1.29, 1.82) is 0 Å². The Balaban J connectivity index is 0.000000442. The largest absolute Gasteiger partial charge is 0.0683 e. The smallest absolute Gasteiger partial charge is 0.00579 e. The van der Waals surface area contributed by atoms with Crippen molar-refractivity contribution in [2.24, 2.45) is 0 Å². The highest BCUT2D eigenvalue weighted by Crippen LogP contribution is 2.31. The lowest BCUT2D eigenvalue weighted by atomic mass is 10.1. The summed E-state index contributed by atoms with van der Waals surface area (Å²) < 4.78 is 0. The molecular formula is C15H24. The zero-order valence-corrected chi connectivity index (χ0v) is 11.0. The molecule has 0 heterocycles. The van der Waals surface area contributed by atoms with Gasteiger partial charge in [0.25, 0.3) is 0 Å². The minimum Gasteiger partial charge on any atom is -0.0683 e. The van der Waals surface area contributed by atoms with Crippen LogP contribution in [0.3, 0.4) is 0 Å². The Morgan fingerprint density at radius 2 is 1.40 bits per heavy atom. The quantitative estimate of drug-likeness (QED) is 0.552. The van der Waals surface area contributed by atoms with Crippen molar-refractivity contribution in [3.05, 3.63) is 41.0 Å². The molecule has 0 bridgehead atoms. The van der Waals surface area contributed by atoms with Crippen LogP contribution in [0.15, 0.2) is 29.8 Å². The summed E-state index contributed by atoms with van der Waals surface area (Å²) in [6.45, 7) is 12.4. The zero-order chi connectivity index (χ0) is 11.8. The summed E-state index contributed by atoms with van der Waals surface area (Å²) in [7, 11) is 0. The van der Waals surface area contributed by atoms with Gasteiger partial charge >= 0.3 is 0 Å². The first-order valence-electron chi connectivity index (χ1n) is 6.03. The molecule has 1 aliphatic carbocycles. The van der Waals surface area contributed by atoms with Crippen LogP contribution in [0.5, 0.6) is 0 Å². The van der Waals surface area contributed by atoms with E-state index in [9.17, 15) is 0 Å². The van der Waals surface area contributed by atoms with Crippen molar-refractivity contribution < 1.29 is 0 Å². The Hall–Kier alpha value is -1.04. The maximum absolute atomic E-state index is 2.22. The van der Waals surface area contributed by atoms with Crippen molar-refractivity contribution in [3.8, 4) is 0 Å². The SMILES string of the molecule is CC.CC.CC1=C(C)c2ccccc2C1. The van der Waals surface area contributed by atoms with Crippen LogP contribution >= 0.6 is 0 Å². The molecule has 0 atom stereocenters. The molecule has 0 nitrogen and oxygen atoms in total. The Morgan fingerprint density at radius 3 is 1.93 bits per heavy atom. The topological polar surface area (TPSA) is 0 Å². The van der Waals surface area contributed by atoms with E-state index >= 15 is 0 Å². The molecule has 1 aliphatic rings. The molecule has 0 N–H and O–H groups in total. The minimum atomic E-state index is 1.15. The summed E-state index contributed by atoms with van der Waals surface area (Å²) in [5, 5.41) is 0. The van der Waals surface area contributed by atoms with Crippen molar-refractivity contribution in [1.82, 2.24) is 0 Å². The zero-order valence-electron chi connectivity index (χ0n) is 11.0. The fraction of sp³-hybridized carbons (Fsp3) is 0.467. The molecule has 0 heteroatoms. The van der Waals surface area contributed by atoms with Crippen LogP contribution in [0.1, 0.15) is 52.7 Å². The van der Waals surface area contributed by atoms with Gasteiger partial charge in [0.05, 0.1) is 0 Å². The first-order chi connectivity index (χ1) is 7.29. The first-order valence-corrected chi connectivity index (χ1v) is 6.03. The Bertz CT molecular complexity index is 319. The molecule has 1 aromatic rings. The summed E-state index contributed by atoms with van der Waals surface area (Å²) in [5.74, 6) is 0. The van der Waals surface area contributed by atoms with Gasteiger partial charge < -0.3 is 0 Å². The van der Waals surface area contributed by atoms with E-state index in [4.69, 9.17) is 0 Å². The number of rotatable bonds is 0. The molecule has 0 spiro atoms. The molecular weight excluding hydrogens is 180 g/mol. The van der Waals surface area contributed by atoms with E-state index in [1.807, 2.05) is 27.7 Å². The lowest BCUT2D eigenvalue weighted by Gasteiger charge is -1.97. The predicted octanol–water partition coefficient (Wildman–Crippen LogP) is 5.09. The number of hydrogen-bond acceptors (Lipinski definition) is 0. The van der Waals surface area contributed by atoms with Gasteiger partial charge in [-0.05, 0) is 37.0 Å². The summed E-state index contributed by atoms with van der Waals surface area (Å²) in [6, 6.07) is 8.65. The van der Waals surface area contributed by atoms with Crippen molar-refractivity contribution in [2.45, 2.75) is 48.0 Å². The van der Waals surface area contributed by atoms with Gasteiger partial charge in [-0.15, -0.1) is 0 Å². The maximum atomic E-state index is 2.22. The van der Waals surface area contributed by atoms with E-state index < -0.39 is 0 Å². The number of fused-ring (bicyclic) bond motifs is 1. The molecule has 0 radical (unpaired) electrons. The van der Waals surface area contributed by atoms with Crippen molar-refractivity contribution in [2.75, 3.05) is 0 Å². The molecule has 2 rings (SSSR count). The van der Waals surface area contributed by atoms with E-state index in [0.29, 0.717) is 0 Å². The third kappa shape index (κ3) is 3.23. The van der Waals surface area contributed by atoms with Crippen LogP contribution in [0.25, 0.3) is 5.57 Å². The lowest BCUT2D eigenvalue weighted by molar-refractivity contribution is 1.19. The molecule has 0 aliphatic heterocycles. The number of benzene rings is 1. The Labute approximate surface area is 95.0 Å². The highest BCUT2D eigenvalue weighted by Gasteiger charge is 2.13. The average Bonchev–Trinajstić information content (AvgIpc) is 2.61. The van der Waals surface area contributed by atoms with Gasteiger partial charge in [0.1, 0.15) is 0 Å². The van der Waals surface area contributed by atoms with Gasteiger partial charge in [0.15, 0.2) is 0 Å². The number of hydrogen-bond donors (Lipinski definition) is 0. The van der Waals surface area contributed by atoms with Gasteiger partial charge in [-0.3, -0.25) is 0 Å².